The van der Waals surface area contributed by atoms with Crippen LogP contribution in [0.25, 0.3) is 0 Å². The zero-order valence-corrected chi connectivity index (χ0v) is 20.8. The Labute approximate surface area is 191 Å². The molecule has 0 aromatic heterocycles. The first-order valence-electron chi connectivity index (χ1n) is 10.9. The number of ether oxygens (including phenoxy) is 1. The second kappa shape index (κ2) is 10.7. The van der Waals surface area contributed by atoms with E-state index in [0.717, 1.165) is 0 Å². The van der Waals surface area contributed by atoms with Gasteiger partial charge in [-0.3, -0.25) is 9.59 Å². The standard InChI is InChI=1S/C24H39N3O5/c1-10-16(3)27(19(29)14-25-22(31)32-24(7,8)9)20(21(30)26-23(4,5)6)17-11-12-18(28)15(2)13-17/h11-13,16,20,28H,10,14H2,1-9H3,(H,25,31)(H,26,30). The fourth-order valence-corrected chi connectivity index (χ4v) is 3.12. The lowest BCUT2D eigenvalue weighted by Crippen LogP contribution is -2.53. The molecule has 8 nitrogen and oxygen atoms in total. The van der Waals surface area contributed by atoms with Gasteiger partial charge in [0, 0.05) is 11.6 Å². The second-order valence-corrected chi connectivity index (χ2v) is 10.1. The smallest absolute Gasteiger partial charge is 0.408 e. The van der Waals surface area contributed by atoms with Crippen LogP contribution in [0.2, 0.25) is 0 Å². The van der Waals surface area contributed by atoms with Crippen LogP contribution in [0.4, 0.5) is 4.79 Å². The molecule has 0 saturated heterocycles. The minimum atomic E-state index is -0.934. The van der Waals surface area contributed by atoms with E-state index in [1.807, 2.05) is 34.6 Å². The van der Waals surface area contributed by atoms with Gasteiger partial charge in [0.25, 0.3) is 0 Å². The Bertz CT molecular complexity index is 824. The summed E-state index contributed by atoms with van der Waals surface area (Å²) in [5, 5.41) is 15.4. The van der Waals surface area contributed by atoms with Crippen LogP contribution < -0.4 is 10.6 Å². The number of phenols is 1. The van der Waals surface area contributed by atoms with E-state index < -0.39 is 29.2 Å². The molecule has 0 radical (unpaired) electrons. The molecule has 3 amide bonds. The van der Waals surface area contributed by atoms with Crippen molar-refractivity contribution in [3.05, 3.63) is 29.3 Å². The van der Waals surface area contributed by atoms with Crippen molar-refractivity contribution in [3.63, 3.8) is 0 Å². The maximum Gasteiger partial charge on any atom is 0.408 e. The number of carbonyl (C=O) groups excluding carboxylic acids is 3. The summed E-state index contributed by atoms with van der Waals surface area (Å²) in [5.41, 5.74) is -0.0323. The number of nitrogens with zero attached hydrogens (tertiary/aromatic N) is 1. The maximum atomic E-state index is 13.4. The molecule has 0 fully saturated rings. The molecule has 0 heterocycles. The summed E-state index contributed by atoms with van der Waals surface area (Å²) in [4.78, 5) is 40.2. The predicted molar refractivity (Wildman–Crippen MR) is 124 cm³/mol. The van der Waals surface area contributed by atoms with Crippen molar-refractivity contribution in [1.29, 1.82) is 0 Å². The van der Waals surface area contributed by atoms with E-state index in [2.05, 4.69) is 10.6 Å². The average molecular weight is 450 g/mol. The average Bonchev–Trinajstić information content (AvgIpc) is 2.63. The van der Waals surface area contributed by atoms with Crippen LogP contribution in [0.3, 0.4) is 0 Å². The largest absolute Gasteiger partial charge is 0.508 e. The first-order valence-corrected chi connectivity index (χ1v) is 10.9. The van der Waals surface area contributed by atoms with Gasteiger partial charge in [-0.05, 0) is 85.1 Å². The van der Waals surface area contributed by atoms with Gasteiger partial charge in [0.05, 0.1) is 0 Å². The zero-order chi connectivity index (χ0) is 24.9. The highest BCUT2D eigenvalue weighted by Crippen LogP contribution is 2.29. The molecule has 0 saturated carbocycles. The number of benzene rings is 1. The lowest BCUT2D eigenvalue weighted by atomic mass is 9.97. The molecular formula is C24H39N3O5. The van der Waals surface area contributed by atoms with Gasteiger partial charge in [0.1, 0.15) is 23.9 Å². The fourth-order valence-electron chi connectivity index (χ4n) is 3.12. The molecule has 32 heavy (non-hydrogen) atoms. The van der Waals surface area contributed by atoms with Crippen molar-refractivity contribution >= 4 is 17.9 Å². The number of aryl methyl sites for hydroxylation is 1. The Hall–Kier alpha value is -2.77. The molecule has 180 valence electrons. The minimum Gasteiger partial charge on any atom is -0.508 e. The van der Waals surface area contributed by atoms with Gasteiger partial charge in [0.15, 0.2) is 0 Å². The Morgan fingerprint density at radius 1 is 1.12 bits per heavy atom. The SMILES string of the molecule is CCC(C)N(C(=O)CNC(=O)OC(C)(C)C)C(C(=O)NC(C)(C)C)c1ccc(O)c(C)c1. The van der Waals surface area contributed by atoms with E-state index in [0.29, 0.717) is 17.5 Å². The maximum absolute atomic E-state index is 13.4. The van der Waals surface area contributed by atoms with Gasteiger partial charge in [0.2, 0.25) is 11.8 Å². The summed E-state index contributed by atoms with van der Waals surface area (Å²) < 4.78 is 5.21. The topological polar surface area (TPSA) is 108 Å². The number of phenolic OH excluding ortho intramolecular Hbond substituents is 1. The normalized spacial score (nSPS) is 13.7. The summed E-state index contributed by atoms with van der Waals surface area (Å²) >= 11 is 0. The lowest BCUT2D eigenvalue weighted by molar-refractivity contribution is -0.143. The number of amides is 3. The number of nitrogens with one attached hydrogen (secondary N) is 2. The van der Waals surface area contributed by atoms with Gasteiger partial charge in [-0.1, -0.05) is 13.0 Å². The first kappa shape index (κ1) is 27.3. The highest BCUT2D eigenvalue weighted by atomic mass is 16.6. The highest BCUT2D eigenvalue weighted by Gasteiger charge is 2.36. The van der Waals surface area contributed by atoms with Gasteiger partial charge >= 0.3 is 6.09 Å². The predicted octanol–water partition coefficient (Wildman–Crippen LogP) is 3.81. The quantitative estimate of drug-likeness (QED) is 0.587. The first-order chi connectivity index (χ1) is 14.6. The van der Waals surface area contributed by atoms with E-state index >= 15 is 0 Å². The summed E-state index contributed by atoms with van der Waals surface area (Å²) in [6.07, 6.45) is -0.0970. The van der Waals surface area contributed by atoms with Crippen LogP contribution in [0, 0.1) is 6.92 Å². The number of carbonyl (C=O) groups is 3. The number of hydrogen-bond donors (Lipinski definition) is 3. The van der Waals surface area contributed by atoms with Crippen LogP contribution in [-0.4, -0.2) is 51.6 Å². The molecule has 0 aliphatic heterocycles. The molecule has 2 unspecified atom stereocenters. The Balaban J connectivity index is 3.33. The third-order valence-electron chi connectivity index (χ3n) is 4.70. The van der Waals surface area contributed by atoms with Crippen LogP contribution in [0.1, 0.15) is 79.0 Å². The molecule has 8 heteroatoms. The minimum absolute atomic E-state index is 0.108. The Kier molecular flexibility index (Phi) is 9.12. The van der Waals surface area contributed by atoms with Crippen molar-refractivity contribution < 1.29 is 24.2 Å². The lowest BCUT2D eigenvalue weighted by Gasteiger charge is -2.37. The summed E-state index contributed by atoms with van der Waals surface area (Å²) in [7, 11) is 0. The van der Waals surface area contributed by atoms with Crippen LogP contribution >= 0.6 is 0 Å². The molecular weight excluding hydrogens is 410 g/mol. The third-order valence-corrected chi connectivity index (χ3v) is 4.70. The Morgan fingerprint density at radius 3 is 2.19 bits per heavy atom. The monoisotopic (exact) mass is 449 g/mol. The van der Waals surface area contributed by atoms with E-state index in [9.17, 15) is 19.5 Å². The van der Waals surface area contributed by atoms with Crippen LogP contribution in [0.15, 0.2) is 18.2 Å². The van der Waals surface area contributed by atoms with E-state index in [1.54, 1.807) is 39.8 Å². The van der Waals surface area contributed by atoms with Gasteiger partial charge in [-0.2, -0.15) is 0 Å². The van der Waals surface area contributed by atoms with Crippen molar-refractivity contribution in [2.75, 3.05) is 6.54 Å². The zero-order valence-electron chi connectivity index (χ0n) is 20.8. The summed E-state index contributed by atoms with van der Waals surface area (Å²) in [5.74, 6) is -0.643. The van der Waals surface area contributed by atoms with Crippen LogP contribution in [-0.2, 0) is 14.3 Å². The molecule has 3 N–H and O–H groups in total. The van der Waals surface area contributed by atoms with Crippen LogP contribution in [0.5, 0.6) is 5.75 Å². The van der Waals surface area contributed by atoms with E-state index in [4.69, 9.17) is 4.74 Å². The molecule has 0 bridgehead atoms. The Morgan fingerprint density at radius 2 is 1.72 bits per heavy atom. The fraction of sp³-hybridized carbons (Fsp3) is 0.625. The van der Waals surface area contributed by atoms with Crippen molar-refractivity contribution in [2.45, 2.75) is 92.0 Å². The van der Waals surface area contributed by atoms with Gasteiger partial charge in [-0.15, -0.1) is 0 Å². The molecule has 1 aromatic carbocycles. The third kappa shape index (κ3) is 8.40. The molecule has 0 spiro atoms. The highest BCUT2D eigenvalue weighted by molar-refractivity contribution is 5.91. The summed E-state index contributed by atoms with van der Waals surface area (Å²) in [6, 6.07) is 3.63. The number of hydrogen-bond acceptors (Lipinski definition) is 5. The van der Waals surface area contributed by atoms with E-state index in [-0.39, 0.29) is 24.2 Å². The molecule has 1 rings (SSSR count). The van der Waals surface area contributed by atoms with Crippen molar-refractivity contribution in [1.82, 2.24) is 15.5 Å². The second-order valence-electron chi connectivity index (χ2n) is 10.1. The molecule has 1 aromatic rings. The number of alkyl carbamates (subject to hydrolysis) is 1. The molecule has 2 atom stereocenters. The van der Waals surface area contributed by atoms with Gasteiger partial charge in [-0.25, -0.2) is 4.79 Å². The van der Waals surface area contributed by atoms with E-state index in [1.165, 1.54) is 11.0 Å². The van der Waals surface area contributed by atoms with Crippen molar-refractivity contribution in [3.8, 4) is 5.75 Å². The summed E-state index contributed by atoms with van der Waals surface area (Å²) in [6.45, 7) is 16.0. The number of aromatic hydroxyl groups is 1. The molecule has 0 aliphatic carbocycles. The van der Waals surface area contributed by atoms with Gasteiger partial charge < -0.3 is 25.4 Å². The molecule has 0 aliphatic rings. The van der Waals surface area contributed by atoms with Crippen molar-refractivity contribution in [2.24, 2.45) is 0 Å². The number of rotatable bonds is 7.